The van der Waals surface area contributed by atoms with Crippen molar-refractivity contribution in [1.82, 2.24) is 0 Å². The predicted molar refractivity (Wildman–Crippen MR) is 176 cm³/mol. The maximum atomic E-state index is 11.4. The minimum absolute atomic E-state index is 0.131. The molecule has 5 rings (SSSR count). The van der Waals surface area contributed by atoms with Gasteiger partial charge in [-0.05, 0) is 31.2 Å². The molecule has 0 bridgehead atoms. The van der Waals surface area contributed by atoms with E-state index in [2.05, 4.69) is 122 Å². The lowest BCUT2D eigenvalue weighted by atomic mass is 9.14. The fourth-order valence-corrected chi connectivity index (χ4v) is 7.59. The number of hydrogen-bond acceptors (Lipinski definition) is 1. The fourth-order valence-electron chi connectivity index (χ4n) is 5.61. The highest BCUT2D eigenvalue weighted by Gasteiger charge is 2.29. The maximum absolute atomic E-state index is 11.4. The summed E-state index contributed by atoms with van der Waals surface area (Å²) >= 11 is 0. The van der Waals surface area contributed by atoms with Crippen LogP contribution in [0.2, 0.25) is 6.32 Å². The van der Waals surface area contributed by atoms with Gasteiger partial charge in [-0.25, -0.2) is 0 Å². The van der Waals surface area contributed by atoms with Gasteiger partial charge < -0.3 is 0 Å². The molecule has 0 aliphatic heterocycles. The van der Waals surface area contributed by atoms with Gasteiger partial charge in [-0.2, -0.15) is 22.7 Å². The quantitative estimate of drug-likeness (QED) is 0.134. The molecule has 0 amide bonds. The van der Waals surface area contributed by atoms with E-state index < -0.39 is 6.15 Å². The molecule has 5 aromatic carbocycles. The van der Waals surface area contributed by atoms with Crippen LogP contribution in [0.1, 0.15) is 26.7 Å². The molecular formula is C37H39BOS. The topological polar surface area (TPSA) is 17.1 Å². The third-order valence-electron chi connectivity index (χ3n) is 7.50. The van der Waals surface area contributed by atoms with Crippen LogP contribution in [0.3, 0.4) is 0 Å². The van der Waals surface area contributed by atoms with E-state index in [0.717, 1.165) is 0 Å². The lowest BCUT2D eigenvalue weighted by Crippen LogP contribution is -2.66. The summed E-state index contributed by atoms with van der Waals surface area (Å²) in [6, 6.07) is 53.7. The van der Waals surface area contributed by atoms with E-state index in [1.807, 2.05) is 36.4 Å². The van der Waals surface area contributed by atoms with Crippen LogP contribution in [0.25, 0.3) is 0 Å². The molecular weight excluding hydrogens is 503 g/mol. The molecule has 202 valence electrons. The Hall–Kier alpha value is -3.82. The van der Waals surface area contributed by atoms with Crippen molar-refractivity contribution in [2.45, 2.75) is 42.8 Å². The second-order valence-corrected chi connectivity index (χ2v) is 12.3. The van der Waals surface area contributed by atoms with Crippen LogP contribution in [0.4, 0.5) is 0 Å². The first kappa shape index (κ1) is 29.2. The van der Waals surface area contributed by atoms with E-state index in [9.17, 15) is 4.79 Å². The third kappa shape index (κ3) is 7.43. The number of Topliss-reactive ketones (excluding diaryl/α,β-unsaturated/α-hetero) is 1. The van der Waals surface area contributed by atoms with Gasteiger partial charge in [0.15, 0.2) is 21.3 Å². The smallest absolute Gasteiger partial charge is 0.179 e. The Labute approximate surface area is 243 Å². The zero-order valence-corrected chi connectivity index (χ0v) is 24.5. The average molecular weight is 543 g/mol. The van der Waals surface area contributed by atoms with Gasteiger partial charge in [0.2, 0.25) is 0 Å². The normalized spacial score (nSPS) is 11.0. The second-order valence-electron chi connectivity index (χ2n) is 10.3. The van der Waals surface area contributed by atoms with Gasteiger partial charge in [0.1, 0.15) is 0 Å². The zero-order valence-electron chi connectivity index (χ0n) is 23.7. The lowest BCUT2D eigenvalue weighted by molar-refractivity contribution is -0.114. The van der Waals surface area contributed by atoms with E-state index in [0.29, 0.717) is 5.75 Å². The highest BCUT2D eigenvalue weighted by molar-refractivity contribution is 7.97. The van der Waals surface area contributed by atoms with Crippen LogP contribution >= 0.6 is 0 Å². The van der Waals surface area contributed by atoms with E-state index in [4.69, 9.17) is 0 Å². The molecule has 0 aliphatic carbocycles. The number of ketones is 1. The fraction of sp³-hybridized carbons (Fsp3) is 0.162. The summed E-state index contributed by atoms with van der Waals surface area (Å²) in [5.74, 6) is 0.828. The summed E-state index contributed by atoms with van der Waals surface area (Å²) < 4.78 is 0. The van der Waals surface area contributed by atoms with E-state index >= 15 is 0 Å². The lowest BCUT2D eigenvalue weighted by Gasteiger charge is -2.43. The van der Waals surface area contributed by atoms with Crippen molar-refractivity contribution in [1.29, 1.82) is 0 Å². The van der Waals surface area contributed by atoms with Crippen molar-refractivity contribution in [3.05, 3.63) is 152 Å². The summed E-state index contributed by atoms with van der Waals surface area (Å²) in [5.41, 5.74) is 4.33. The first-order valence-electron chi connectivity index (χ1n) is 14.3. The number of benzene rings is 5. The average Bonchev–Trinajstić information content (AvgIpc) is 3.03. The van der Waals surface area contributed by atoms with Crippen LogP contribution in [0, 0.1) is 0 Å². The first-order valence-corrected chi connectivity index (χ1v) is 15.7. The molecule has 0 radical (unpaired) electrons. The molecule has 40 heavy (non-hydrogen) atoms. The van der Waals surface area contributed by atoms with Crippen molar-refractivity contribution in [3.63, 3.8) is 0 Å². The summed E-state index contributed by atoms with van der Waals surface area (Å²) in [5, 5.41) is 0. The number of unbranched alkanes of at least 4 members (excludes halogenated alkanes) is 1. The standard InChI is InChI=1S/C22H24B.C15H15OS/c1-2-3-19-23(20-13-7-4-8-14-20,21-15-9-5-10-16-21)22-17-11-6-12-18-22;1-13(16)12-17(14-8-4-2-5-9-14)15-10-6-3-7-11-15/h4-18H,2-3,19H2,1H3;2-11H,12H2,1H3/q-1;+1. The Kier molecular flexibility index (Phi) is 11.0. The molecule has 0 aliphatic rings. The summed E-state index contributed by atoms with van der Waals surface area (Å²) in [6.07, 6.45) is 2.73. The van der Waals surface area contributed by atoms with Gasteiger partial charge in [-0.3, -0.25) is 4.79 Å². The zero-order chi connectivity index (χ0) is 28.0. The molecule has 5 aromatic rings. The monoisotopic (exact) mass is 542 g/mol. The largest absolute Gasteiger partial charge is 0.295 e. The molecule has 0 spiro atoms. The molecule has 0 N–H and O–H groups in total. The summed E-state index contributed by atoms with van der Waals surface area (Å²) in [6.45, 7) is 3.94. The molecule has 0 heterocycles. The van der Waals surface area contributed by atoms with E-state index in [1.54, 1.807) is 6.92 Å². The number of carbonyl (C=O) groups excluding carboxylic acids is 1. The highest BCUT2D eigenvalue weighted by Crippen LogP contribution is 2.23. The molecule has 0 saturated carbocycles. The Bertz CT molecular complexity index is 1270. The Balaban J connectivity index is 0.000000194. The molecule has 1 nitrogen and oxygen atoms in total. The summed E-state index contributed by atoms with van der Waals surface area (Å²) in [7, 11) is -0.131. The summed E-state index contributed by atoms with van der Waals surface area (Å²) in [4.78, 5) is 13.9. The molecule has 3 heteroatoms. The van der Waals surface area contributed by atoms with Crippen molar-refractivity contribution in [2.75, 3.05) is 5.75 Å². The van der Waals surface area contributed by atoms with Crippen LogP contribution in [-0.2, 0) is 15.7 Å². The number of rotatable bonds is 10. The van der Waals surface area contributed by atoms with Crippen molar-refractivity contribution < 1.29 is 4.79 Å². The molecule has 0 saturated heterocycles. The highest BCUT2D eigenvalue weighted by atomic mass is 32.2. The van der Waals surface area contributed by atoms with E-state index in [1.165, 1.54) is 45.3 Å². The molecule has 0 aromatic heterocycles. The first-order chi connectivity index (χ1) is 19.6. The van der Waals surface area contributed by atoms with Crippen LogP contribution in [0.5, 0.6) is 0 Å². The van der Waals surface area contributed by atoms with E-state index in [-0.39, 0.29) is 16.7 Å². The number of hydrogen-bond donors (Lipinski definition) is 0. The minimum Gasteiger partial charge on any atom is -0.295 e. The van der Waals surface area contributed by atoms with Gasteiger partial charge in [-0.15, -0.1) is 0 Å². The molecule has 0 unspecified atom stereocenters. The van der Waals surface area contributed by atoms with Crippen molar-refractivity contribution >= 4 is 39.2 Å². The Morgan fingerprint density at radius 1 is 0.550 bits per heavy atom. The van der Waals surface area contributed by atoms with Crippen LogP contribution < -0.4 is 16.4 Å². The van der Waals surface area contributed by atoms with Gasteiger partial charge in [0.05, 0.1) is 17.0 Å². The number of carbonyl (C=O) groups is 1. The predicted octanol–water partition coefficient (Wildman–Crippen LogP) is 7.27. The van der Waals surface area contributed by atoms with Crippen LogP contribution in [0.15, 0.2) is 161 Å². The third-order valence-corrected chi connectivity index (χ3v) is 9.88. The van der Waals surface area contributed by atoms with Crippen molar-refractivity contribution in [3.8, 4) is 0 Å². The maximum Gasteiger partial charge on any atom is 0.179 e. The van der Waals surface area contributed by atoms with Crippen molar-refractivity contribution in [2.24, 2.45) is 0 Å². The Morgan fingerprint density at radius 3 is 1.18 bits per heavy atom. The van der Waals surface area contributed by atoms with Gasteiger partial charge >= 0.3 is 0 Å². The second kappa shape index (κ2) is 15.1. The van der Waals surface area contributed by atoms with Gasteiger partial charge in [0, 0.05) is 0 Å². The molecule has 0 atom stereocenters. The Morgan fingerprint density at radius 2 is 0.875 bits per heavy atom. The van der Waals surface area contributed by atoms with Gasteiger partial charge in [-0.1, -0.05) is 147 Å². The van der Waals surface area contributed by atoms with Gasteiger partial charge in [0.25, 0.3) is 0 Å². The minimum atomic E-state index is -0.913. The molecule has 0 fully saturated rings. The van der Waals surface area contributed by atoms with Crippen LogP contribution in [-0.4, -0.2) is 17.7 Å². The SMILES string of the molecule is CC(=O)C[S+](c1ccccc1)c1ccccc1.CCCC[B-](c1ccccc1)(c1ccccc1)c1ccccc1.